The fraction of sp³-hybridized carbons (Fsp3) is 0.400. The van der Waals surface area contributed by atoms with Gasteiger partial charge in [-0.05, 0) is 43.0 Å². The van der Waals surface area contributed by atoms with Crippen molar-refractivity contribution in [3.05, 3.63) is 64.2 Å². The number of halogens is 3. The van der Waals surface area contributed by atoms with Crippen molar-refractivity contribution in [2.45, 2.75) is 37.0 Å². The van der Waals surface area contributed by atoms with Gasteiger partial charge in [0.25, 0.3) is 0 Å². The van der Waals surface area contributed by atoms with Crippen molar-refractivity contribution in [3.63, 3.8) is 0 Å². The second kappa shape index (κ2) is 7.62. The van der Waals surface area contributed by atoms with Gasteiger partial charge in [0.2, 0.25) is 0 Å². The molecule has 27 heavy (non-hydrogen) atoms. The SMILES string of the molecule is COC[C@]1(O)CC[C@@](F)(C(=O)CCc2ccc(F)cc2Cl)c2cccnc21. The van der Waals surface area contributed by atoms with Crippen LogP contribution < -0.4 is 0 Å². The number of benzene rings is 1. The lowest BCUT2D eigenvalue weighted by molar-refractivity contribution is -0.136. The third-order valence-corrected chi connectivity index (χ3v) is 5.37. The summed E-state index contributed by atoms with van der Waals surface area (Å²) >= 11 is 5.98. The minimum Gasteiger partial charge on any atom is -0.381 e. The van der Waals surface area contributed by atoms with E-state index in [0.717, 1.165) is 6.07 Å². The Bertz CT molecular complexity index is 863. The number of aliphatic hydroxyl groups is 1. The maximum Gasteiger partial charge on any atom is 0.195 e. The van der Waals surface area contributed by atoms with E-state index < -0.39 is 22.9 Å². The zero-order valence-electron chi connectivity index (χ0n) is 14.8. The van der Waals surface area contributed by atoms with Crippen molar-refractivity contribution >= 4 is 17.4 Å². The highest BCUT2D eigenvalue weighted by Crippen LogP contribution is 2.46. The molecule has 0 spiro atoms. The molecule has 4 nitrogen and oxygen atoms in total. The van der Waals surface area contributed by atoms with Gasteiger partial charge in [-0.25, -0.2) is 8.78 Å². The molecule has 2 aromatic rings. The molecule has 2 atom stereocenters. The highest BCUT2D eigenvalue weighted by atomic mass is 35.5. The normalized spacial score (nSPS) is 24.5. The number of methoxy groups -OCH3 is 1. The van der Waals surface area contributed by atoms with Gasteiger partial charge >= 0.3 is 0 Å². The molecule has 0 aliphatic heterocycles. The van der Waals surface area contributed by atoms with Crippen LogP contribution in [0.3, 0.4) is 0 Å². The summed E-state index contributed by atoms with van der Waals surface area (Å²) in [6, 6.07) is 6.92. The van der Waals surface area contributed by atoms with Gasteiger partial charge in [0, 0.05) is 30.3 Å². The third-order valence-electron chi connectivity index (χ3n) is 5.02. The Hall–Kier alpha value is -1.89. The molecule has 1 N–H and O–H groups in total. The standard InChI is InChI=1S/C20H20ClF2NO3/c1-27-12-19(26)8-9-20(23,15-3-2-10-24-18(15)19)17(25)7-5-13-4-6-14(22)11-16(13)21/h2-4,6,10-11,26H,5,7-9,12H2,1H3/t19-,20+/m1/s1. The van der Waals surface area contributed by atoms with E-state index in [4.69, 9.17) is 16.3 Å². The molecule has 1 aromatic heterocycles. The van der Waals surface area contributed by atoms with E-state index in [1.54, 1.807) is 0 Å². The Labute approximate surface area is 161 Å². The van der Waals surface area contributed by atoms with Crippen LogP contribution in [0.1, 0.15) is 36.1 Å². The van der Waals surface area contributed by atoms with E-state index in [1.807, 2.05) is 0 Å². The molecule has 1 aliphatic carbocycles. The maximum absolute atomic E-state index is 15.8. The van der Waals surface area contributed by atoms with Crippen LogP contribution in [0.25, 0.3) is 0 Å². The van der Waals surface area contributed by atoms with Crippen LogP contribution in [0.2, 0.25) is 5.02 Å². The number of Topliss-reactive ketones (excluding diaryl/α,β-unsaturated/α-hetero) is 1. The molecule has 1 aromatic carbocycles. The van der Waals surface area contributed by atoms with E-state index in [1.165, 1.54) is 37.6 Å². The summed E-state index contributed by atoms with van der Waals surface area (Å²) in [6.07, 6.45) is 1.40. The number of hydrogen-bond acceptors (Lipinski definition) is 4. The molecule has 7 heteroatoms. The lowest BCUT2D eigenvalue weighted by Crippen LogP contribution is -2.45. The van der Waals surface area contributed by atoms with Crippen LogP contribution in [0.5, 0.6) is 0 Å². The Morgan fingerprint density at radius 1 is 1.37 bits per heavy atom. The van der Waals surface area contributed by atoms with Crippen molar-refractivity contribution in [2.75, 3.05) is 13.7 Å². The number of ether oxygens (including phenoxy) is 1. The summed E-state index contributed by atoms with van der Waals surface area (Å²) in [7, 11) is 1.44. The van der Waals surface area contributed by atoms with Crippen LogP contribution in [-0.4, -0.2) is 29.6 Å². The van der Waals surface area contributed by atoms with Crippen molar-refractivity contribution in [3.8, 4) is 0 Å². The fourth-order valence-corrected chi connectivity index (χ4v) is 3.83. The second-order valence-corrected chi connectivity index (χ2v) is 7.23. The first-order valence-corrected chi connectivity index (χ1v) is 9.01. The van der Waals surface area contributed by atoms with E-state index in [-0.39, 0.29) is 48.6 Å². The number of pyridine rings is 1. The van der Waals surface area contributed by atoms with Crippen LogP contribution in [-0.2, 0) is 27.2 Å². The summed E-state index contributed by atoms with van der Waals surface area (Å²) < 4.78 is 34.0. The lowest BCUT2D eigenvalue weighted by atomic mass is 9.72. The van der Waals surface area contributed by atoms with E-state index in [9.17, 15) is 14.3 Å². The average molecular weight is 396 g/mol. The Morgan fingerprint density at radius 2 is 2.15 bits per heavy atom. The number of nitrogens with zero attached hydrogens (tertiary/aromatic N) is 1. The summed E-state index contributed by atoms with van der Waals surface area (Å²) in [5.74, 6) is -1.08. The van der Waals surface area contributed by atoms with Crippen molar-refractivity contribution < 1.29 is 23.4 Å². The number of fused-ring (bicyclic) bond motifs is 1. The molecule has 0 radical (unpaired) electrons. The molecule has 0 amide bonds. The Morgan fingerprint density at radius 3 is 2.85 bits per heavy atom. The first kappa shape index (κ1) is 19.9. The number of aryl methyl sites for hydroxylation is 1. The maximum atomic E-state index is 15.8. The highest BCUT2D eigenvalue weighted by molar-refractivity contribution is 6.31. The molecular weight excluding hydrogens is 376 g/mol. The molecule has 3 rings (SSSR count). The lowest BCUT2D eigenvalue weighted by Gasteiger charge is -2.39. The summed E-state index contributed by atoms with van der Waals surface area (Å²) in [5.41, 5.74) is -2.88. The molecule has 0 saturated carbocycles. The van der Waals surface area contributed by atoms with E-state index in [2.05, 4.69) is 4.98 Å². The number of aromatic nitrogens is 1. The zero-order chi connectivity index (χ0) is 19.7. The van der Waals surface area contributed by atoms with Crippen molar-refractivity contribution in [2.24, 2.45) is 0 Å². The Kier molecular flexibility index (Phi) is 5.60. The molecule has 0 unspecified atom stereocenters. The van der Waals surface area contributed by atoms with Crippen LogP contribution in [0.15, 0.2) is 36.5 Å². The van der Waals surface area contributed by atoms with Crippen molar-refractivity contribution in [1.29, 1.82) is 0 Å². The highest BCUT2D eigenvalue weighted by Gasteiger charge is 2.51. The van der Waals surface area contributed by atoms with Gasteiger partial charge in [-0.15, -0.1) is 0 Å². The summed E-state index contributed by atoms with van der Waals surface area (Å²) in [5, 5.41) is 11.0. The molecule has 144 valence electrons. The molecule has 0 bridgehead atoms. The van der Waals surface area contributed by atoms with E-state index >= 15 is 4.39 Å². The van der Waals surface area contributed by atoms with Gasteiger partial charge in [-0.2, -0.15) is 0 Å². The minimum atomic E-state index is -2.24. The van der Waals surface area contributed by atoms with Crippen LogP contribution >= 0.6 is 11.6 Å². The van der Waals surface area contributed by atoms with Gasteiger partial charge in [-0.3, -0.25) is 9.78 Å². The summed E-state index contributed by atoms with van der Waals surface area (Å²) in [6.45, 7) is -0.0352. The van der Waals surface area contributed by atoms with Gasteiger partial charge < -0.3 is 9.84 Å². The zero-order valence-corrected chi connectivity index (χ0v) is 15.6. The summed E-state index contributed by atoms with van der Waals surface area (Å²) in [4.78, 5) is 16.9. The van der Waals surface area contributed by atoms with Crippen molar-refractivity contribution in [1.82, 2.24) is 4.98 Å². The predicted molar refractivity (Wildman–Crippen MR) is 96.8 cm³/mol. The molecular formula is C20H20ClF2NO3. The first-order valence-electron chi connectivity index (χ1n) is 8.63. The number of carbonyl (C=O) groups excluding carboxylic acids is 1. The van der Waals surface area contributed by atoms with Crippen LogP contribution in [0, 0.1) is 5.82 Å². The molecule has 1 aliphatic rings. The molecule has 0 saturated heterocycles. The smallest absolute Gasteiger partial charge is 0.195 e. The number of hydrogen-bond donors (Lipinski definition) is 1. The number of rotatable bonds is 6. The quantitative estimate of drug-likeness (QED) is 0.806. The van der Waals surface area contributed by atoms with Gasteiger partial charge in [0.15, 0.2) is 11.5 Å². The van der Waals surface area contributed by atoms with Crippen LogP contribution in [0.4, 0.5) is 8.78 Å². The number of ketones is 1. The minimum absolute atomic E-state index is 0.0183. The number of carbonyl (C=O) groups is 1. The second-order valence-electron chi connectivity index (χ2n) is 6.82. The van der Waals surface area contributed by atoms with Gasteiger partial charge in [0.05, 0.1) is 12.3 Å². The third kappa shape index (κ3) is 3.74. The topological polar surface area (TPSA) is 59.4 Å². The first-order chi connectivity index (χ1) is 12.8. The van der Waals surface area contributed by atoms with Gasteiger partial charge in [0.1, 0.15) is 11.4 Å². The predicted octanol–water partition coefficient (Wildman–Crippen LogP) is 3.87. The average Bonchev–Trinajstić information content (AvgIpc) is 2.65. The fourth-order valence-electron chi connectivity index (χ4n) is 3.57. The van der Waals surface area contributed by atoms with E-state index in [0.29, 0.717) is 5.56 Å². The monoisotopic (exact) mass is 395 g/mol. The van der Waals surface area contributed by atoms with Gasteiger partial charge in [-0.1, -0.05) is 23.7 Å². The molecule has 1 heterocycles. The number of alkyl halides is 1. The Balaban J connectivity index is 1.85. The molecule has 0 fully saturated rings. The largest absolute Gasteiger partial charge is 0.381 e.